The summed E-state index contributed by atoms with van der Waals surface area (Å²) in [6.07, 6.45) is 2.16. The Morgan fingerprint density at radius 3 is 1.97 bits per heavy atom. The molecular weight excluding hydrogens is 514 g/mol. The van der Waals surface area contributed by atoms with E-state index in [4.69, 9.17) is 11.5 Å². The van der Waals surface area contributed by atoms with Crippen LogP contribution in [0.25, 0.3) is 0 Å². The van der Waals surface area contributed by atoms with Gasteiger partial charge in [-0.3, -0.25) is 19.2 Å². The maximum Gasteiger partial charge on any atom is 0.326 e. The highest BCUT2D eigenvalue weighted by Crippen LogP contribution is 2.13. The molecule has 1 aromatic rings. The molecule has 1 aromatic carbocycles. The first-order chi connectivity index (χ1) is 17.8. The predicted molar refractivity (Wildman–Crippen MR) is 144 cm³/mol. The summed E-state index contributed by atoms with van der Waals surface area (Å²) in [7, 11) is 0. The minimum absolute atomic E-state index is 0.0142. The van der Waals surface area contributed by atoms with Crippen LogP contribution in [0.2, 0.25) is 0 Å². The molecule has 0 heterocycles. The number of hydrogen-bond donors (Lipinski definition) is 7. The zero-order chi connectivity index (χ0) is 28.8. The number of hydrogen-bond acceptors (Lipinski definition) is 8. The van der Waals surface area contributed by atoms with Crippen LogP contribution >= 0.6 is 11.8 Å². The lowest BCUT2D eigenvalue weighted by Gasteiger charge is -2.26. The molecule has 0 saturated carbocycles. The van der Waals surface area contributed by atoms with Crippen molar-refractivity contribution in [1.29, 1.82) is 0 Å². The molecular formula is C25H39N5O7S. The quantitative estimate of drug-likeness (QED) is 0.137. The summed E-state index contributed by atoms with van der Waals surface area (Å²) < 4.78 is 0. The molecule has 1 rings (SSSR count). The lowest BCUT2D eigenvalue weighted by Crippen LogP contribution is -2.58. The first-order valence-corrected chi connectivity index (χ1v) is 13.7. The van der Waals surface area contributed by atoms with Crippen molar-refractivity contribution in [3.63, 3.8) is 0 Å². The van der Waals surface area contributed by atoms with Crippen molar-refractivity contribution < 1.29 is 34.2 Å². The highest BCUT2D eigenvalue weighted by Gasteiger charge is 2.31. The van der Waals surface area contributed by atoms with Crippen LogP contribution in [-0.2, 0) is 30.4 Å². The van der Waals surface area contributed by atoms with Gasteiger partial charge in [0.2, 0.25) is 23.6 Å². The molecule has 0 radical (unpaired) electrons. The Morgan fingerprint density at radius 1 is 0.895 bits per heavy atom. The highest BCUT2D eigenvalue weighted by atomic mass is 32.2. The summed E-state index contributed by atoms with van der Waals surface area (Å²) in [5, 5.41) is 26.8. The lowest BCUT2D eigenvalue weighted by molar-refractivity contribution is -0.142. The number of primary amides is 1. The fourth-order valence-corrected chi connectivity index (χ4v) is 4.00. The van der Waals surface area contributed by atoms with E-state index in [9.17, 15) is 34.2 Å². The number of carbonyl (C=O) groups excluding carboxylic acids is 4. The smallest absolute Gasteiger partial charge is 0.326 e. The average Bonchev–Trinajstić information content (AvgIpc) is 2.84. The van der Waals surface area contributed by atoms with Gasteiger partial charge in [-0.2, -0.15) is 11.8 Å². The number of phenolic OH excluding ortho intramolecular Hbond substituents is 1. The molecule has 13 heteroatoms. The normalized spacial score (nSPS) is 14.1. The first-order valence-electron chi connectivity index (χ1n) is 12.3. The Balaban J connectivity index is 3.11. The van der Waals surface area contributed by atoms with Crippen molar-refractivity contribution in [1.82, 2.24) is 16.0 Å². The van der Waals surface area contributed by atoms with E-state index in [1.165, 1.54) is 23.9 Å². The molecule has 0 aliphatic heterocycles. The molecule has 9 N–H and O–H groups in total. The maximum atomic E-state index is 13.3. The van der Waals surface area contributed by atoms with Crippen molar-refractivity contribution in [2.45, 2.75) is 70.1 Å². The summed E-state index contributed by atoms with van der Waals surface area (Å²) >= 11 is 1.45. The second-order valence-electron chi connectivity index (χ2n) is 9.41. The van der Waals surface area contributed by atoms with E-state index in [0.29, 0.717) is 11.3 Å². The van der Waals surface area contributed by atoms with Gasteiger partial charge in [0.25, 0.3) is 0 Å². The van der Waals surface area contributed by atoms with Crippen molar-refractivity contribution in [3.8, 4) is 5.75 Å². The van der Waals surface area contributed by atoms with Gasteiger partial charge >= 0.3 is 5.97 Å². The second-order valence-corrected chi connectivity index (χ2v) is 10.4. The van der Waals surface area contributed by atoms with Crippen molar-refractivity contribution >= 4 is 41.4 Å². The first kappa shape index (κ1) is 32.7. The van der Waals surface area contributed by atoms with E-state index >= 15 is 0 Å². The van der Waals surface area contributed by atoms with Gasteiger partial charge in [0, 0.05) is 12.8 Å². The Kier molecular flexibility index (Phi) is 14.2. The SMILES string of the molecule is CSCCC(NC(=O)C(CC(C)C)NC(=O)C(Cc1ccc(O)cc1)NC(=O)C(N)CCC(N)=O)C(=O)O. The summed E-state index contributed by atoms with van der Waals surface area (Å²) in [6, 6.07) is 1.60. The second kappa shape index (κ2) is 16.5. The Morgan fingerprint density at radius 2 is 1.45 bits per heavy atom. The van der Waals surface area contributed by atoms with Gasteiger partial charge in [-0.1, -0.05) is 26.0 Å². The lowest BCUT2D eigenvalue weighted by atomic mass is 10.00. The molecule has 4 atom stereocenters. The molecule has 0 saturated heterocycles. The third-order valence-corrected chi connectivity index (χ3v) is 6.26. The summed E-state index contributed by atoms with van der Waals surface area (Å²) in [5.74, 6) is -3.27. The number of carboxylic acid groups (broad SMARTS) is 1. The summed E-state index contributed by atoms with van der Waals surface area (Å²) in [4.78, 5) is 61.7. The highest BCUT2D eigenvalue weighted by molar-refractivity contribution is 7.98. The average molecular weight is 554 g/mol. The molecule has 0 aliphatic carbocycles. The third kappa shape index (κ3) is 12.3. The number of phenols is 1. The molecule has 4 amide bonds. The van der Waals surface area contributed by atoms with E-state index in [2.05, 4.69) is 16.0 Å². The summed E-state index contributed by atoms with van der Waals surface area (Å²) in [5.41, 5.74) is 11.6. The van der Waals surface area contributed by atoms with E-state index < -0.39 is 53.8 Å². The largest absolute Gasteiger partial charge is 0.508 e. The van der Waals surface area contributed by atoms with Crippen LogP contribution in [0.1, 0.15) is 45.1 Å². The number of aliphatic carboxylic acids is 1. The zero-order valence-electron chi connectivity index (χ0n) is 21.9. The number of amides is 4. The fourth-order valence-electron chi connectivity index (χ4n) is 3.53. The minimum atomic E-state index is -1.18. The maximum absolute atomic E-state index is 13.3. The number of benzene rings is 1. The van der Waals surface area contributed by atoms with E-state index in [0.717, 1.165) is 0 Å². The van der Waals surface area contributed by atoms with Gasteiger partial charge in [-0.25, -0.2) is 4.79 Å². The molecule has 0 fully saturated rings. The zero-order valence-corrected chi connectivity index (χ0v) is 22.8. The van der Waals surface area contributed by atoms with Gasteiger partial charge in [0.15, 0.2) is 0 Å². The van der Waals surface area contributed by atoms with E-state index in [-0.39, 0.29) is 43.8 Å². The van der Waals surface area contributed by atoms with Crippen LogP contribution in [0.15, 0.2) is 24.3 Å². The van der Waals surface area contributed by atoms with Gasteiger partial charge < -0.3 is 37.6 Å². The molecule has 212 valence electrons. The van der Waals surface area contributed by atoms with Gasteiger partial charge in [0.05, 0.1) is 6.04 Å². The minimum Gasteiger partial charge on any atom is -0.508 e. The topological polar surface area (TPSA) is 214 Å². The van der Waals surface area contributed by atoms with Crippen LogP contribution in [0.4, 0.5) is 0 Å². The van der Waals surface area contributed by atoms with Crippen molar-refractivity contribution in [2.75, 3.05) is 12.0 Å². The van der Waals surface area contributed by atoms with Crippen molar-refractivity contribution in [2.24, 2.45) is 17.4 Å². The van der Waals surface area contributed by atoms with E-state index in [1.54, 1.807) is 12.1 Å². The Labute approximate surface area is 226 Å². The van der Waals surface area contributed by atoms with Gasteiger partial charge in [-0.05, 0) is 54.9 Å². The Hall–Kier alpha value is -3.32. The number of thioether (sulfide) groups is 1. The van der Waals surface area contributed by atoms with Crippen molar-refractivity contribution in [3.05, 3.63) is 29.8 Å². The molecule has 4 unspecified atom stereocenters. The number of nitrogens with one attached hydrogen (secondary N) is 3. The number of carbonyl (C=O) groups is 5. The van der Waals surface area contributed by atoms with Crippen LogP contribution in [-0.4, -0.2) is 76.0 Å². The fraction of sp³-hybridized carbons (Fsp3) is 0.560. The molecule has 12 nitrogen and oxygen atoms in total. The molecule has 38 heavy (non-hydrogen) atoms. The number of nitrogens with two attached hydrogens (primary N) is 2. The molecule has 0 aliphatic rings. The third-order valence-electron chi connectivity index (χ3n) is 5.61. The number of aromatic hydroxyl groups is 1. The molecule has 0 aromatic heterocycles. The van der Waals surface area contributed by atoms with Gasteiger partial charge in [0.1, 0.15) is 23.9 Å². The number of carboxylic acids is 1. The van der Waals surface area contributed by atoms with Gasteiger partial charge in [-0.15, -0.1) is 0 Å². The van der Waals surface area contributed by atoms with E-state index in [1.807, 2.05) is 20.1 Å². The number of rotatable bonds is 17. The predicted octanol–water partition coefficient (Wildman–Crippen LogP) is -0.134. The monoisotopic (exact) mass is 553 g/mol. The molecule has 0 bridgehead atoms. The van der Waals surface area contributed by atoms with Crippen LogP contribution in [0.3, 0.4) is 0 Å². The van der Waals surface area contributed by atoms with Crippen LogP contribution < -0.4 is 27.4 Å². The summed E-state index contributed by atoms with van der Waals surface area (Å²) in [6.45, 7) is 3.70. The van der Waals surface area contributed by atoms with Crippen LogP contribution in [0, 0.1) is 5.92 Å². The standard InChI is InChI=1S/C25H39N5O7S/c1-14(2)12-19(23(34)28-18(25(36)37)10-11-38-3)30-24(35)20(13-15-4-6-16(31)7-5-15)29-22(33)17(26)8-9-21(27)32/h4-7,14,17-20,31H,8-13,26H2,1-3H3,(H2,27,32)(H,28,34)(H,29,33)(H,30,35)(H,36,37). The van der Waals surface area contributed by atoms with Crippen LogP contribution in [0.5, 0.6) is 5.75 Å². The molecule has 0 spiro atoms. The Bertz CT molecular complexity index is 958.